The topological polar surface area (TPSA) is 108 Å². The van der Waals surface area contributed by atoms with Crippen molar-refractivity contribution < 1.29 is 23.8 Å². The van der Waals surface area contributed by atoms with Gasteiger partial charge in [0.15, 0.2) is 5.76 Å². The molecule has 4 heterocycles. The first-order valence-corrected chi connectivity index (χ1v) is 10.9. The lowest BCUT2D eigenvalue weighted by Gasteiger charge is -2.26. The minimum absolute atomic E-state index is 0.0621. The lowest BCUT2D eigenvalue weighted by molar-refractivity contribution is -0.135. The summed E-state index contributed by atoms with van der Waals surface area (Å²) in [5.41, 5.74) is 2.22. The smallest absolute Gasteiger partial charge is 0.312 e. The Balaban J connectivity index is 1.50. The van der Waals surface area contributed by atoms with Gasteiger partial charge in [0.05, 0.1) is 24.6 Å². The number of rotatable bonds is 3. The second-order valence-electron chi connectivity index (χ2n) is 8.32. The maximum atomic E-state index is 13.1. The molecule has 35 heavy (non-hydrogen) atoms. The Kier molecular flexibility index (Phi) is 4.74. The molecule has 172 valence electrons. The average molecular weight is 466 g/mol. The number of aromatic nitrogens is 2. The maximum Gasteiger partial charge on any atom is 0.312 e. The van der Waals surface area contributed by atoms with Gasteiger partial charge in [0.1, 0.15) is 17.2 Å². The third kappa shape index (κ3) is 3.47. The number of aromatic amines is 1. The molecule has 8 heteroatoms. The van der Waals surface area contributed by atoms with Crippen LogP contribution in [0.1, 0.15) is 39.4 Å². The molecule has 1 N–H and O–H groups in total. The molecule has 8 nitrogen and oxygen atoms in total. The number of Topliss-reactive ketones (excluding diaryl/α,β-unsaturated/α-hetero) is 1. The first-order chi connectivity index (χ1) is 17.0. The summed E-state index contributed by atoms with van der Waals surface area (Å²) in [4.78, 5) is 45.6. The highest BCUT2D eigenvalue weighted by Gasteiger charge is 2.39. The summed E-state index contributed by atoms with van der Waals surface area (Å²) in [6.45, 7) is 0. The van der Waals surface area contributed by atoms with E-state index in [9.17, 15) is 14.4 Å². The maximum absolute atomic E-state index is 13.1. The van der Waals surface area contributed by atoms with Crippen molar-refractivity contribution in [2.45, 2.75) is 12.3 Å². The molecule has 2 aliphatic rings. The molecule has 0 bridgehead atoms. The monoisotopic (exact) mass is 466 g/mol. The molecule has 2 aromatic carbocycles. The fourth-order valence-corrected chi connectivity index (χ4v) is 4.57. The van der Waals surface area contributed by atoms with Crippen LogP contribution in [0.2, 0.25) is 0 Å². The summed E-state index contributed by atoms with van der Waals surface area (Å²) < 4.78 is 16.7. The molecular formula is C27H18N2O6. The number of pyridine rings is 2. The number of fused-ring (bicyclic) bond motifs is 4. The molecule has 0 fully saturated rings. The van der Waals surface area contributed by atoms with E-state index in [2.05, 4.69) is 9.97 Å². The molecule has 4 aromatic rings. The van der Waals surface area contributed by atoms with Gasteiger partial charge in [-0.15, -0.1) is 0 Å². The minimum atomic E-state index is -0.651. The summed E-state index contributed by atoms with van der Waals surface area (Å²) >= 11 is 0. The third-order valence-electron chi connectivity index (χ3n) is 6.22. The second kappa shape index (κ2) is 7.95. The number of methoxy groups -OCH3 is 1. The van der Waals surface area contributed by atoms with Crippen LogP contribution in [0.15, 0.2) is 71.5 Å². The van der Waals surface area contributed by atoms with Crippen LogP contribution in [0.5, 0.6) is 17.2 Å². The number of ether oxygens (including phenoxy) is 3. The molecular weight excluding hydrogens is 448 g/mol. The second-order valence-corrected chi connectivity index (χ2v) is 8.32. The third-order valence-corrected chi connectivity index (χ3v) is 6.22. The van der Waals surface area contributed by atoms with E-state index < -0.39 is 11.9 Å². The van der Waals surface area contributed by atoms with E-state index in [1.54, 1.807) is 62.0 Å². The molecule has 2 aromatic heterocycles. The molecule has 6 rings (SSSR count). The molecule has 1 atom stereocenters. The summed E-state index contributed by atoms with van der Waals surface area (Å²) in [6, 6.07) is 13.8. The van der Waals surface area contributed by atoms with Crippen molar-refractivity contribution in [3.05, 3.63) is 99.3 Å². The van der Waals surface area contributed by atoms with Crippen LogP contribution >= 0.6 is 0 Å². The number of benzene rings is 2. The van der Waals surface area contributed by atoms with Crippen molar-refractivity contribution in [3.8, 4) is 17.2 Å². The van der Waals surface area contributed by atoms with Crippen LogP contribution in [0.4, 0.5) is 0 Å². The standard InChI is InChI=1S/C27H18N2O6/c1-33-16-5-4-15-10-19(27(32)29-20(15)11-16)18-12-23(30)34-21-7-6-17-25(31)22(35-26(17)24(18)21)9-14-3-2-8-28-13-14/h2-11,13,18H,12H2,1H3,(H,29,32)/b22-9+/t18-/m1/s1. The number of carbonyl (C=O) groups is 2. The van der Waals surface area contributed by atoms with Gasteiger partial charge in [-0.1, -0.05) is 6.07 Å². The Hall–Kier alpha value is -4.72. The molecule has 0 radical (unpaired) electrons. The number of esters is 1. The van der Waals surface area contributed by atoms with Gasteiger partial charge in [0.2, 0.25) is 5.78 Å². The Morgan fingerprint density at radius 1 is 1.09 bits per heavy atom. The minimum Gasteiger partial charge on any atom is -0.497 e. The highest BCUT2D eigenvalue weighted by molar-refractivity contribution is 6.15. The molecule has 0 unspecified atom stereocenters. The van der Waals surface area contributed by atoms with Crippen molar-refractivity contribution in [1.29, 1.82) is 0 Å². The Labute approximate surface area is 198 Å². The molecule has 0 amide bonds. The number of nitrogens with zero attached hydrogens (tertiary/aromatic N) is 1. The zero-order chi connectivity index (χ0) is 24.1. The van der Waals surface area contributed by atoms with Crippen LogP contribution in [0.3, 0.4) is 0 Å². The number of ketones is 1. The molecule has 0 saturated carbocycles. The van der Waals surface area contributed by atoms with Gasteiger partial charge in [-0.25, -0.2) is 0 Å². The Bertz CT molecular complexity index is 1620. The van der Waals surface area contributed by atoms with Gasteiger partial charge in [-0.2, -0.15) is 0 Å². The number of allylic oxidation sites excluding steroid dienone is 1. The van der Waals surface area contributed by atoms with Crippen molar-refractivity contribution >= 4 is 28.7 Å². The van der Waals surface area contributed by atoms with Crippen LogP contribution < -0.4 is 19.8 Å². The molecule has 0 spiro atoms. The fraction of sp³-hybridized carbons (Fsp3) is 0.111. The number of hydrogen-bond acceptors (Lipinski definition) is 7. The highest BCUT2D eigenvalue weighted by atomic mass is 16.5. The van der Waals surface area contributed by atoms with Crippen molar-refractivity contribution in [1.82, 2.24) is 9.97 Å². The zero-order valence-corrected chi connectivity index (χ0v) is 18.5. The van der Waals surface area contributed by atoms with E-state index >= 15 is 0 Å². The average Bonchev–Trinajstić information content (AvgIpc) is 3.18. The van der Waals surface area contributed by atoms with Gasteiger partial charge in [-0.05, 0) is 53.4 Å². The summed E-state index contributed by atoms with van der Waals surface area (Å²) in [5.74, 6) is -0.0818. The molecule has 0 saturated heterocycles. The van der Waals surface area contributed by atoms with E-state index in [4.69, 9.17) is 14.2 Å². The van der Waals surface area contributed by atoms with E-state index in [0.29, 0.717) is 39.3 Å². The van der Waals surface area contributed by atoms with Gasteiger partial charge in [0, 0.05) is 35.5 Å². The van der Waals surface area contributed by atoms with Crippen LogP contribution in [0, 0.1) is 0 Å². The largest absolute Gasteiger partial charge is 0.497 e. The number of carbonyl (C=O) groups excluding carboxylic acids is 2. The van der Waals surface area contributed by atoms with E-state index in [1.807, 2.05) is 12.1 Å². The van der Waals surface area contributed by atoms with E-state index in [-0.39, 0.29) is 29.3 Å². The first-order valence-electron chi connectivity index (χ1n) is 10.9. The number of hydrogen-bond donors (Lipinski definition) is 1. The van der Waals surface area contributed by atoms with Crippen molar-refractivity contribution in [2.24, 2.45) is 0 Å². The summed E-state index contributed by atoms with van der Waals surface area (Å²) in [6.07, 6.45) is 4.81. The van der Waals surface area contributed by atoms with Gasteiger partial charge < -0.3 is 19.2 Å². The van der Waals surface area contributed by atoms with Crippen LogP contribution in [-0.2, 0) is 4.79 Å². The highest BCUT2D eigenvalue weighted by Crippen LogP contribution is 2.48. The van der Waals surface area contributed by atoms with E-state index in [0.717, 1.165) is 5.39 Å². The van der Waals surface area contributed by atoms with Crippen molar-refractivity contribution in [3.63, 3.8) is 0 Å². The predicted octanol–water partition coefficient (Wildman–Crippen LogP) is 3.99. The van der Waals surface area contributed by atoms with Crippen molar-refractivity contribution in [2.75, 3.05) is 7.11 Å². The lowest BCUT2D eigenvalue weighted by Crippen LogP contribution is -2.26. The van der Waals surface area contributed by atoms with Gasteiger partial charge >= 0.3 is 5.97 Å². The predicted molar refractivity (Wildman–Crippen MR) is 127 cm³/mol. The molecule has 0 aliphatic carbocycles. The summed E-state index contributed by atoms with van der Waals surface area (Å²) in [5, 5.41) is 0.780. The quantitative estimate of drug-likeness (QED) is 0.276. The lowest BCUT2D eigenvalue weighted by atomic mass is 9.85. The fourth-order valence-electron chi connectivity index (χ4n) is 4.57. The normalized spacial score (nSPS) is 17.6. The Morgan fingerprint density at radius 2 is 1.97 bits per heavy atom. The van der Waals surface area contributed by atoms with Gasteiger partial charge in [-0.3, -0.25) is 19.4 Å². The van der Waals surface area contributed by atoms with Gasteiger partial charge in [0.25, 0.3) is 5.56 Å². The number of nitrogens with one attached hydrogen (secondary N) is 1. The Morgan fingerprint density at radius 3 is 2.77 bits per heavy atom. The van der Waals surface area contributed by atoms with E-state index in [1.165, 1.54) is 0 Å². The molecule has 2 aliphatic heterocycles. The van der Waals surface area contributed by atoms with Crippen LogP contribution in [-0.4, -0.2) is 28.8 Å². The zero-order valence-electron chi connectivity index (χ0n) is 18.5. The van der Waals surface area contributed by atoms with Crippen LogP contribution in [0.25, 0.3) is 17.0 Å². The summed E-state index contributed by atoms with van der Waals surface area (Å²) in [7, 11) is 1.55. The SMILES string of the molecule is COc1ccc2cc([C@H]3CC(=O)Oc4ccc5c(c43)O/C(=C/c3cccnc3)C5=O)c(=O)[nH]c2c1. The number of H-pyrrole nitrogens is 1. The first kappa shape index (κ1) is 20.9.